The lowest BCUT2D eigenvalue weighted by Crippen LogP contribution is -2.44. The van der Waals surface area contributed by atoms with Crippen LogP contribution in [-0.4, -0.2) is 44.3 Å². The first-order chi connectivity index (χ1) is 8.10. The fourth-order valence-electron chi connectivity index (χ4n) is 2.27. The van der Waals surface area contributed by atoms with Crippen molar-refractivity contribution in [2.45, 2.75) is 42.1 Å². The Kier molecular flexibility index (Phi) is 3.75. The van der Waals surface area contributed by atoms with Gasteiger partial charge in [0.15, 0.2) is 5.16 Å². The second-order valence-corrected chi connectivity index (χ2v) is 6.03. The number of rotatable bonds is 4. The molecule has 1 aromatic heterocycles. The standard InChI is InChI=1S/C11H20N4OS/c1-8-13-14-10(15(8)3)17-9-4-5-11(6-9,7-16)12-2/h9,12,16H,4-7H2,1-3H3. The molecule has 0 spiro atoms. The molecule has 2 atom stereocenters. The van der Waals surface area contributed by atoms with Gasteiger partial charge in [0.2, 0.25) is 0 Å². The molecule has 0 aliphatic heterocycles. The smallest absolute Gasteiger partial charge is 0.191 e. The maximum Gasteiger partial charge on any atom is 0.191 e. The summed E-state index contributed by atoms with van der Waals surface area (Å²) >= 11 is 1.77. The molecule has 2 N–H and O–H groups in total. The van der Waals surface area contributed by atoms with Crippen LogP contribution in [0.4, 0.5) is 0 Å². The van der Waals surface area contributed by atoms with Gasteiger partial charge in [0.1, 0.15) is 5.82 Å². The van der Waals surface area contributed by atoms with E-state index in [9.17, 15) is 5.11 Å². The lowest BCUT2D eigenvalue weighted by molar-refractivity contribution is 0.173. The molecular weight excluding hydrogens is 236 g/mol. The van der Waals surface area contributed by atoms with E-state index in [1.54, 1.807) is 11.8 Å². The van der Waals surface area contributed by atoms with Gasteiger partial charge in [-0.1, -0.05) is 11.8 Å². The zero-order valence-corrected chi connectivity index (χ0v) is 11.4. The Morgan fingerprint density at radius 1 is 1.59 bits per heavy atom. The van der Waals surface area contributed by atoms with Gasteiger partial charge in [-0.15, -0.1) is 10.2 Å². The van der Waals surface area contributed by atoms with E-state index < -0.39 is 0 Å². The third kappa shape index (κ3) is 2.48. The average Bonchev–Trinajstić information content (AvgIpc) is 2.89. The largest absolute Gasteiger partial charge is 0.394 e. The van der Waals surface area contributed by atoms with E-state index in [4.69, 9.17) is 0 Å². The first kappa shape index (κ1) is 12.9. The Morgan fingerprint density at radius 2 is 2.35 bits per heavy atom. The highest BCUT2D eigenvalue weighted by Gasteiger charge is 2.38. The summed E-state index contributed by atoms with van der Waals surface area (Å²) in [6.45, 7) is 2.16. The van der Waals surface area contributed by atoms with Gasteiger partial charge in [-0.3, -0.25) is 0 Å². The van der Waals surface area contributed by atoms with Crippen molar-refractivity contribution in [1.82, 2.24) is 20.1 Å². The summed E-state index contributed by atoms with van der Waals surface area (Å²) in [6.07, 6.45) is 3.11. The molecule has 0 aromatic carbocycles. The third-order valence-corrected chi connectivity index (χ3v) is 5.02. The Morgan fingerprint density at radius 3 is 2.82 bits per heavy atom. The van der Waals surface area contributed by atoms with Crippen molar-refractivity contribution < 1.29 is 5.11 Å². The second-order valence-electron chi connectivity index (χ2n) is 4.76. The fraction of sp³-hybridized carbons (Fsp3) is 0.818. The molecule has 0 amide bonds. The zero-order valence-electron chi connectivity index (χ0n) is 10.6. The van der Waals surface area contributed by atoms with Crippen LogP contribution in [0.5, 0.6) is 0 Å². The third-order valence-electron chi connectivity index (χ3n) is 3.72. The number of aromatic nitrogens is 3. The molecule has 1 heterocycles. The molecule has 1 fully saturated rings. The van der Waals surface area contributed by atoms with Gasteiger partial charge >= 0.3 is 0 Å². The van der Waals surface area contributed by atoms with E-state index in [-0.39, 0.29) is 12.1 Å². The van der Waals surface area contributed by atoms with Gasteiger partial charge in [-0.25, -0.2) is 0 Å². The van der Waals surface area contributed by atoms with Gasteiger partial charge in [-0.2, -0.15) is 0 Å². The van der Waals surface area contributed by atoms with Crippen molar-refractivity contribution in [1.29, 1.82) is 0 Å². The normalized spacial score (nSPS) is 28.8. The number of thioether (sulfide) groups is 1. The maximum absolute atomic E-state index is 9.45. The van der Waals surface area contributed by atoms with Gasteiger partial charge in [0.25, 0.3) is 0 Å². The molecule has 1 aromatic rings. The maximum atomic E-state index is 9.45. The van der Waals surface area contributed by atoms with Crippen LogP contribution >= 0.6 is 11.8 Å². The SMILES string of the molecule is CNC1(CO)CCC(Sc2nnc(C)n2C)C1. The summed E-state index contributed by atoms with van der Waals surface area (Å²) < 4.78 is 2.02. The number of aryl methyl sites for hydroxylation is 1. The Hall–Kier alpha value is -0.590. The Labute approximate surface area is 106 Å². The van der Waals surface area contributed by atoms with E-state index in [1.807, 2.05) is 25.6 Å². The minimum absolute atomic E-state index is 0.0920. The van der Waals surface area contributed by atoms with Crippen LogP contribution in [0.3, 0.4) is 0 Å². The van der Waals surface area contributed by atoms with Crippen LogP contribution < -0.4 is 5.32 Å². The van der Waals surface area contributed by atoms with E-state index in [0.29, 0.717) is 5.25 Å². The van der Waals surface area contributed by atoms with Gasteiger partial charge in [-0.05, 0) is 33.2 Å². The summed E-state index contributed by atoms with van der Waals surface area (Å²) in [5, 5.41) is 22.4. The van der Waals surface area contributed by atoms with Gasteiger partial charge in [0.05, 0.1) is 6.61 Å². The molecule has 17 heavy (non-hydrogen) atoms. The number of nitrogens with one attached hydrogen (secondary N) is 1. The predicted octanol–water partition coefficient (Wildman–Crippen LogP) is 0.719. The van der Waals surface area contributed by atoms with Crippen LogP contribution in [0.25, 0.3) is 0 Å². The van der Waals surface area contributed by atoms with Gasteiger partial charge in [0, 0.05) is 17.8 Å². The second kappa shape index (κ2) is 4.96. The van der Waals surface area contributed by atoms with E-state index in [2.05, 4.69) is 15.5 Å². The Bertz CT molecular complexity index is 389. The highest BCUT2D eigenvalue weighted by Crippen LogP contribution is 2.39. The molecule has 1 saturated carbocycles. The van der Waals surface area contributed by atoms with Crippen LogP contribution in [0, 0.1) is 6.92 Å². The number of nitrogens with zero attached hydrogens (tertiary/aromatic N) is 3. The first-order valence-electron chi connectivity index (χ1n) is 5.92. The predicted molar refractivity (Wildman–Crippen MR) is 68.1 cm³/mol. The van der Waals surface area contributed by atoms with Crippen molar-refractivity contribution in [3.05, 3.63) is 5.82 Å². The minimum Gasteiger partial charge on any atom is -0.394 e. The highest BCUT2D eigenvalue weighted by atomic mass is 32.2. The number of hydrogen-bond donors (Lipinski definition) is 2. The summed E-state index contributed by atoms with van der Waals surface area (Å²) in [6, 6.07) is 0. The van der Waals surface area contributed by atoms with Crippen LogP contribution in [0.15, 0.2) is 5.16 Å². The topological polar surface area (TPSA) is 63.0 Å². The summed E-state index contributed by atoms with van der Waals surface area (Å²) in [7, 11) is 3.92. The number of aliphatic hydroxyl groups is 1. The van der Waals surface area contributed by atoms with Crippen molar-refractivity contribution in [2.75, 3.05) is 13.7 Å². The van der Waals surface area contributed by atoms with Crippen molar-refractivity contribution in [3.63, 3.8) is 0 Å². The number of likely N-dealkylation sites (N-methyl/N-ethyl adjacent to an activating group) is 1. The van der Waals surface area contributed by atoms with E-state index in [1.165, 1.54) is 0 Å². The Balaban J connectivity index is 2.00. The monoisotopic (exact) mass is 256 g/mol. The number of aliphatic hydroxyl groups excluding tert-OH is 1. The molecule has 6 heteroatoms. The minimum atomic E-state index is -0.0920. The van der Waals surface area contributed by atoms with Crippen molar-refractivity contribution in [2.24, 2.45) is 7.05 Å². The van der Waals surface area contributed by atoms with Crippen molar-refractivity contribution >= 4 is 11.8 Å². The highest BCUT2D eigenvalue weighted by molar-refractivity contribution is 7.99. The lowest BCUT2D eigenvalue weighted by atomic mass is 10.00. The van der Waals surface area contributed by atoms with E-state index in [0.717, 1.165) is 30.2 Å². The fourth-order valence-corrected chi connectivity index (χ4v) is 3.58. The summed E-state index contributed by atoms with van der Waals surface area (Å²) in [5.74, 6) is 0.938. The summed E-state index contributed by atoms with van der Waals surface area (Å²) in [5.41, 5.74) is -0.0920. The van der Waals surface area contributed by atoms with Crippen molar-refractivity contribution in [3.8, 4) is 0 Å². The molecule has 96 valence electrons. The quantitative estimate of drug-likeness (QED) is 0.831. The number of hydrogen-bond acceptors (Lipinski definition) is 5. The zero-order chi connectivity index (χ0) is 12.5. The molecule has 0 saturated heterocycles. The van der Waals surface area contributed by atoms with Crippen LogP contribution in [-0.2, 0) is 7.05 Å². The summed E-state index contributed by atoms with van der Waals surface area (Å²) in [4.78, 5) is 0. The lowest BCUT2D eigenvalue weighted by Gasteiger charge is -2.26. The van der Waals surface area contributed by atoms with Crippen LogP contribution in [0.2, 0.25) is 0 Å². The molecule has 2 unspecified atom stereocenters. The molecule has 1 aliphatic rings. The molecule has 1 aliphatic carbocycles. The molecule has 2 rings (SSSR count). The molecule has 0 bridgehead atoms. The first-order valence-corrected chi connectivity index (χ1v) is 6.80. The van der Waals surface area contributed by atoms with Crippen LogP contribution in [0.1, 0.15) is 25.1 Å². The van der Waals surface area contributed by atoms with E-state index >= 15 is 0 Å². The molecule has 5 nitrogen and oxygen atoms in total. The molecular formula is C11H20N4OS. The van der Waals surface area contributed by atoms with Gasteiger partial charge < -0.3 is 15.0 Å². The average molecular weight is 256 g/mol. The molecule has 0 radical (unpaired) electrons.